The summed E-state index contributed by atoms with van der Waals surface area (Å²) in [4.78, 5) is 51.2. The average Bonchev–Trinajstić information content (AvgIpc) is 3.02. The number of aromatic hydroxyl groups is 4. The highest BCUT2D eigenvalue weighted by Crippen LogP contribution is 2.48. The monoisotopic (exact) mass is 670 g/mol. The number of benzene rings is 2. The molecule has 0 aromatic heterocycles. The Morgan fingerprint density at radius 1 is 0.667 bits per heavy atom. The number of aliphatic carboxylic acids is 2. The number of hydrogen-bond donors (Lipinski definition) is 10. The fraction of sp³-hybridized carbons (Fsp3) is 0.312. The number of fused-ring (bicyclic) bond motifs is 1. The summed E-state index contributed by atoms with van der Waals surface area (Å²) >= 11 is 0. The van der Waals surface area contributed by atoms with Gasteiger partial charge in [-0.15, -0.1) is 0 Å². The molecule has 0 aliphatic heterocycles. The number of phenolic OH excluding ortho intramolecular Hbond substituents is 4. The molecule has 16 nitrogen and oxygen atoms in total. The standard InChI is InChI=1S/C32H30O16/c33-17-2-1-11(4-18(17)34)25-15-10-20(36)19(35)5-12(15)3-16(31(45)47-23-8-13(29(41)42)6-21(37)27(23)39)26(25)32(46)48-24-9-14(30(43)44)7-22(38)28(24)40/h1-7,10,21-28,33-40H,8-9H2,(H,41,42)(H,43,44). The van der Waals surface area contributed by atoms with Gasteiger partial charge in [0.15, 0.2) is 23.0 Å². The molecule has 0 amide bonds. The molecule has 0 saturated heterocycles. The van der Waals surface area contributed by atoms with Crippen LogP contribution in [0.4, 0.5) is 0 Å². The first-order valence-corrected chi connectivity index (χ1v) is 14.4. The number of ether oxygens (including phenoxy) is 2. The molecule has 0 spiro atoms. The van der Waals surface area contributed by atoms with Crippen LogP contribution in [-0.4, -0.2) is 112 Å². The maximum absolute atomic E-state index is 14.1. The van der Waals surface area contributed by atoms with Crippen LogP contribution in [0.2, 0.25) is 0 Å². The van der Waals surface area contributed by atoms with Crippen molar-refractivity contribution in [1.82, 2.24) is 0 Å². The van der Waals surface area contributed by atoms with E-state index >= 15 is 0 Å². The molecule has 0 radical (unpaired) electrons. The lowest BCUT2D eigenvalue weighted by atomic mass is 9.71. The van der Waals surface area contributed by atoms with Crippen molar-refractivity contribution in [2.24, 2.45) is 5.92 Å². The number of aliphatic hydroxyl groups excluding tert-OH is 4. The summed E-state index contributed by atoms with van der Waals surface area (Å²) in [5, 5.41) is 101. The number of carboxylic acid groups (broad SMARTS) is 2. The van der Waals surface area contributed by atoms with E-state index in [9.17, 15) is 70.2 Å². The number of carboxylic acids is 2. The van der Waals surface area contributed by atoms with Gasteiger partial charge in [0.1, 0.15) is 36.6 Å². The lowest BCUT2D eigenvalue weighted by Crippen LogP contribution is -2.46. The van der Waals surface area contributed by atoms with E-state index in [-0.39, 0.29) is 27.8 Å². The van der Waals surface area contributed by atoms with Crippen LogP contribution >= 0.6 is 0 Å². The van der Waals surface area contributed by atoms with E-state index in [1.165, 1.54) is 6.07 Å². The van der Waals surface area contributed by atoms with Gasteiger partial charge in [0, 0.05) is 29.9 Å². The van der Waals surface area contributed by atoms with Gasteiger partial charge in [-0.25, -0.2) is 14.4 Å². The van der Waals surface area contributed by atoms with Crippen LogP contribution in [0.5, 0.6) is 23.0 Å². The van der Waals surface area contributed by atoms with Gasteiger partial charge >= 0.3 is 23.9 Å². The Morgan fingerprint density at radius 2 is 1.19 bits per heavy atom. The molecule has 8 atom stereocenters. The van der Waals surface area contributed by atoms with Gasteiger partial charge in [0.25, 0.3) is 0 Å². The van der Waals surface area contributed by atoms with Crippen molar-refractivity contribution in [1.29, 1.82) is 0 Å². The zero-order chi connectivity index (χ0) is 35.2. The number of hydrogen-bond acceptors (Lipinski definition) is 14. The molecule has 2 aromatic carbocycles. The zero-order valence-electron chi connectivity index (χ0n) is 24.6. The number of esters is 2. The minimum Gasteiger partial charge on any atom is -0.504 e. The smallest absolute Gasteiger partial charge is 0.335 e. The second-order valence-corrected chi connectivity index (χ2v) is 11.6. The normalized spacial score (nSPS) is 28.2. The van der Waals surface area contributed by atoms with Crippen molar-refractivity contribution in [2.75, 3.05) is 0 Å². The van der Waals surface area contributed by atoms with E-state index in [0.717, 1.165) is 42.5 Å². The molecule has 0 saturated carbocycles. The lowest BCUT2D eigenvalue weighted by molar-refractivity contribution is -0.167. The molecule has 3 aliphatic carbocycles. The second-order valence-electron chi connectivity index (χ2n) is 11.6. The van der Waals surface area contributed by atoms with Crippen LogP contribution in [-0.2, 0) is 28.7 Å². The fourth-order valence-corrected chi connectivity index (χ4v) is 6.00. The highest BCUT2D eigenvalue weighted by molar-refractivity contribution is 6.02. The predicted molar refractivity (Wildman–Crippen MR) is 157 cm³/mol. The summed E-state index contributed by atoms with van der Waals surface area (Å²) in [5.74, 6) is -11.3. The van der Waals surface area contributed by atoms with Crippen LogP contribution in [0.15, 0.2) is 59.2 Å². The average molecular weight is 671 g/mol. The molecule has 5 rings (SSSR count). The molecule has 8 unspecified atom stereocenters. The summed E-state index contributed by atoms with van der Waals surface area (Å²) < 4.78 is 11.0. The highest BCUT2D eigenvalue weighted by atomic mass is 16.6. The van der Waals surface area contributed by atoms with Gasteiger partial charge in [-0.2, -0.15) is 0 Å². The predicted octanol–water partition coefficient (Wildman–Crippen LogP) is -0.249. The Kier molecular flexibility index (Phi) is 9.19. The molecule has 0 bridgehead atoms. The van der Waals surface area contributed by atoms with E-state index < -0.39 is 114 Å². The Labute approximate surface area is 270 Å². The first kappa shape index (κ1) is 33.9. The number of rotatable bonds is 7. The molecule has 0 fully saturated rings. The summed E-state index contributed by atoms with van der Waals surface area (Å²) in [6, 6.07) is 5.47. The summed E-state index contributed by atoms with van der Waals surface area (Å²) in [6.07, 6.45) is -8.64. The number of carbonyl (C=O) groups is 4. The molecule has 0 heterocycles. The fourth-order valence-electron chi connectivity index (χ4n) is 6.00. The maximum Gasteiger partial charge on any atom is 0.335 e. The molecule has 3 aliphatic rings. The Bertz CT molecular complexity index is 1770. The van der Waals surface area contributed by atoms with E-state index in [4.69, 9.17) is 9.47 Å². The number of carbonyl (C=O) groups excluding carboxylic acids is 2. The third-order valence-corrected chi connectivity index (χ3v) is 8.47. The van der Waals surface area contributed by atoms with Crippen LogP contribution in [0.25, 0.3) is 6.08 Å². The lowest BCUT2D eigenvalue weighted by Gasteiger charge is -2.36. The zero-order valence-corrected chi connectivity index (χ0v) is 24.6. The summed E-state index contributed by atoms with van der Waals surface area (Å²) in [5.41, 5.74) is -1.15. The minimum atomic E-state index is -1.82. The molecular weight excluding hydrogens is 640 g/mol. The molecule has 10 N–H and O–H groups in total. The second kappa shape index (κ2) is 13.0. The van der Waals surface area contributed by atoms with Crippen molar-refractivity contribution in [3.63, 3.8) is 0 Å². The van der Waals surface area contributed by atoms with E-state index in [1.807, 2.05) is 0 Å². The Morgan fingerprint density at radius 3 is 1.73 bits per heavy atom. The largest absolute Gasteiger partial charge is 0.504 e. The maximum atomic E-state index is 14.1. The Balaban J connectivity index is 1.62. The minimum absolute atomic E-state index is 0.0385. The van der Waals surface area contributed by atoms with Gasteiger partial charge in [0.2, 0.25) is 0 Å². The molecule has 16 heteroatoms. The molecule has 48 heavy (non-hydrogen) atoms. The van der Waals surface area contributed by atoms with Crippen LogP contribution in [0, 0.1) is 5.92 Å². The third kappa shape index (κ3) is 6.41. The van der Waals surface area contributed by atoms with E-state index in [1.54, 1.807) is 0 Å². The molecule has 2 aromatic rings. The number of phenols is 4. The first-order valence-electron chi connectivity index (χ1n) is 14.4. The van der Waals surface area contributed by atoms with Crippen molar-refractivity contribution in [2.45, 2.75) is 55.4 Å². The van der Waals surface area contributed by atoms with Crippen LogP contribution < -0.4 is 0 Å². The van der Waals surface area contributed by atoms with Gasteiger partial charge in [-0.3, -0.25) is 4.79 Å². The Hall–Kier alpha value is -5.42. The van der Waals surface area contributed by atoms with Gasteiger partial charge in [0.05, 0.1) is 11.5 Å². The van der Waals surface area contributed by atoms with Crippen molar-refractivity contribution in [3.8, 4) is 23.0 Å². The van der Waals surface area contributed by atoms with E-state index in [2.05, 4.69) is 0 Å². The third-order valence-electron chi connectivity index (χ3n) is 8.47. The van der Waals surface area contributed by atoms with Gasteiger partial charge < -0.3 is 60.5 Å². The SMILES string of the molecule is O=C(O)C1=CC(O)C(O)C(OC(=O)C2=Cc3cc(O)c(O)cc3C(c3ccc(O)c(O)c3)C2C(=O)OC2CC(C(=O)O)=CC(O)C2O)C1. The van der Waals surface area contributed by atoms with Crippen LogP contribution in [0.1, 0.15) is 35.4 Å². The summed E-state index contributed by atoms with van der Waals surface area (Å²) in [6.45, 7) is 0. The van der Waals surface area contributed by atoms with Gasteiger partial charge in [-0.1, -0.05) is 6.07 Å². The van der Waals surface area contributed by atoms with Crippen LogP contribution in [0.3, 0.4) is 0 Å². The molecular formula is C32H30O16. The van der Waals surface area contributed by atoms with E-state index in [0.29, 0.717) is 0 Å². The van der Waals surface area contributed by atoms with Crippen molar-refractivity contribution in [3.05, 3.63) is 75.9 Å². The first-order chi connectivity index (χ1) is 22.6. The topological polar surface area (TPSA) is 289 Å². The van der Waals surface area contributed by atoms with Gasteiger partial charge in [-0.05, 0) is 59.2 Å². The summed E-state index contributed by atoms with van der Waals surface area (Å²) in [7, 11) is 0. The number of aliphatic hydroxyl groups is 4. The quantitative estimate of drug-likeness (QED) is 0.134. The highest BCUT2D eigenvalue weighted by Gasteiger charge is 2.46. The van der Waals surface area contributed by atoms with Crippen molar-refractivity contribution < 1.29 is 79.7 Å². The molecule has 254 valence electrons. The van der Waals surface area contributed by atoms with Crippen molar-refractivity contribution >= 4 is 30.0 Å².